The number of likely N-dealkylation sites (N-methyl/N-ethyl adjacent to an activating group) is 1. The van der Waals surface area contributed by atoms with E-state index in [4.69, 9.17) is 4.74 Å². The number of aromatic nitrogens is 2. The fourth-order valence-electron chi connectivity index (χ4n) is 3.33. The standard InChI is InChI=1S/C15H24N4O4S/c1-14(2,3)12-11(9-16-17-12)24(21,22)19-7-5-15(6-8-19)10-18(4)13(20)23-15/h9H,5-8,10H2,1-4H3,(H,16,17). The lowest BCUT2D eigenvalue weighted by Crippen LogP contribution is -2.48. The zero-order valence-corrected chi connectivity index (χ0v) is 15.3. The van der Waals surface area contributed by atoms with Gasteiger partial charge in [-0.05, 0) is 0 Å². The van der Waals surface area contributed by atoms with Crippen LogP contribution in [-0.4, -0.2) is 66.2 Å². The van der Waals surface area contributed by atoms with Crippen molar-refractivity contribution in [3.8, 4) is 0 Å². The molecule has 2 saturated heterocycles. The van der Waals surface area contributed by atoms with Gasteiger partial charge in [0.15, 0.2) is 0 Å². The van der Waals surface area contributed by atoms with E-state index in [1.54, 1.807) is 7.05 Å². The summed E-state index contributed by atoms with van der Waals surface area (Å²) >= 11 is 0. The van der Waals surface area contributed by atoms with Crippen molar-refractivity contribution < 1.29 is 17.9 Å². The smallest absolute Gasteiger partial charge is 0.410 e. The van der Waals surface area contributed by atoms with Crippen molar-refractivity contribution in [3.63, 3.8) is 0 Å². The summed E-state index contributed by atoms with van der Waals surface area (Å²) in [5.41, 5.74) is -0.296. The van der Waals surface area contributed by atoms with Crippen molar-refractivity contribution in [2.75, 3.05) is 26.7 Å². The molecule has 9 heteroatoms. The minimum absolute atomic E-state index is 0.228. The lowest BCUT2D eigenvalue weighted by Gasteiger charge is -2.36. The number of hydrogen-bond donors (Lipinski definition) is 1. The van der Waals surface area contributed by atoms with Gasteiger partial charge in [-0.15, -0.1) is 0 Å². The third kappa shape index (κ3) is 2.79. The Bertz CT molecular complexity index is 742. The quantitative estimate of drug-likeness (QED) is 0.862. The summed E-state index contributed by atoms with van der Waals surface area (Å²) < 4.78 is 32.9. The van der Waals surface area contributed by atoms with Gasteiger partial charge < -0.3 is 9.64 Å². The van der Waals surface area contributed by atoms with E-state index in [0.29, 0.717) is 38.2 Å². The topological polar surface area (TPSA) is 95.6 Å². The summed E-state index contributed by atoms with van der Waals surface area (Å²) in [5, 5.41) is 6.75. The van der Waals surface area contributed by atoms with Gasteiger partial charge in [0.1, 0.15) is 10.5 Å². The molecule has 3 heterocycles. The molecule has 8 nitrogen and oxygen atoms in total. The largest absolute Gasteiger partial charge is 0.441 e. The van der Waals surface area contributed by atoms with Crippen LogP contribution in [0, 0.1) is 0 Å². The molecular formula is C15H24N4O4S. The Labute approximate surface area is 142 Å². The molecule has 24 heavy (non-hydrogen) atoms. The highest BCUT2D eigenvalue weighted by Gasteiger charge is 2.47. The first-order valence-electron chi connectivity index (χ1n) is 8.03. The van der Waals surface area contributed by atoms with E-state index >= 15 is 0 Å². The fourth-order valence-corrected chi connectivity index (χ4v) is 5.07. The highest BCUT2D eigenvalue weighted by atomic mass is 32.2. The van der Waals surface area contributed by atoms with Gasteiger partial charge in [-0.2, -0.15) is 9.40 Å². The molecule has 0 bridgehead atoms. The van der Waals surface area contributed by atoms with Gasteiger partial charge in [0.2, 0.25) is 10.0 Å². The predicted molar refractivity (Wildman–Crippen MR) is 87.1 cm³/mol. The predicted octanol–water partition coefficient (Wildman–Crippen LogP) is 1.31. The lowest BCUT2D eigenvalue weighted by atomic mass is 9.92. The molecule has 1 aromatic heterocycles. The number of aromatic amines is 1. The van der Waals surface area contributed by atoms with Crippen molar-refractivity contribution >= 4 is 16.1 Å². The third-order valence-electron chi connectivity index (χ3n) is 4.75. The molecule has 2 aliphatic heterocycles. The second-order valence-corrected chi connectivity index (χ2v) is 9.58. The van der Waals surface area contributed by atoms with Gasteiger partial charge in [-0.3, -0.25) is 5.10 Å². The number of sulfonamides is 1. The molecule has 0 aliphatic carbocycles. The molecule has 0 radical (unpaired) electrons. The third-order valence-corrected chi connectivity index (χ3v) is 6.66. The first-order valence-corrected chi connectivity index (χ1v) is 9.47. The Hall–Kier alpha value is -1.61. The van der Waals surface area contributed by atoms with Crippen molar-refractivity contribution in [2.45, 2.75) is 49.5 Å². The highest BCUT2D eigenvalue weighted by molar-refractivity contribution is 7.89. The number of nitrogens with one attached hydrogen (secondary N) is 1. The van der Waals surface area contributed by atoms with E-state index in [1.165, 1.54) is 15.4 Å². The molecule has 0 aromatic carbocycles. The molecule has 2 aliphatic rings. The van der Waals surface area contributed by atoms with Gasteiger partial charge in [-0.25, -0.2) is 13.2 Å². The van der Waals surface area contributed by atoms with E-state index in [-0.39, 0.29) is 16.4 Å². The monoisotopic (exact) mass is 356 g/mol. The van der Waals surface area contributed by atoms with Crippen molar-refractivity contribution in [2.24, 2.45) is 0 Å². The number of carbonyl (C=O) groups excluding carboxylic acids is 1. The fraction of sp³-hybridized carbons (Fsp3) is 0.733. The highest BCUT2D eigenvalue weighted by Crippen LogP contribution is 2.35. The van der Waals surface area contributed by atoms with E-state index < -0.39 is 15.6 Å². The summed E-state index contributed by atoms with van der Waals surface area (Å²) in [7, 11) is -1.92. The molecule has 1 spiro atoms. The van der Waals surface area contributed by atoms with Crippen LogP contribution in [0.4, 0.5) is 4.79 Å². The number of ether oxygens (including phenoxy) is 1. The van der Waals surface area contributed by atoms with Crippen LogP contribution in [-0.2, 0) is 20.2 Å². The molecule has 3 rings (SSSR count). The maximum atomic E-state index is 13.0. The minimum Gasteiger partial charge on any atom is -0.441 e. The molecule has 1 aromatic rings. The van der Waals surface area contributed by atoms with E-state index in [0.717, 1.165) is 0 Å². The van der Waals surface area contributed by atoms with Crippen LogP contribution in [0.3, 0.4) is 0 Å². The Kier molecular flexibility index (Phi) is 3.91. The van der Waals surface area contributed by atoms with E-state index in [2.05, 4.69) is 10.2 Å². The van der Waals surface area contributed by atoms with E-state index in [1.807, 2.05) is 20.8 Å². The number of amides is 1. The van der Waals surface area contributed by atoms with Crippen LogP contribution in [0.15, 0.2) is 11.1 Å². The summed E-state index contributed by atoms with van der Waals surface area (Å²) in [6, 6.07) is 0. The van der Waals surface area contributed by atoms with Gasteiger partial charge in [-0.1, -0.05) is 20.8 Å². The minimum atomic E-state index is -3.62. The molecule has 134 valence electrons. The Morgan fingerprint density at radius 2 is 1.92 bits per heavy atom. The van der Waals surface area contributed by atoms with Gasteiger partial charge in [0.25, 0.3) is 0 Å². The molecule has 2 fully saturated rings. The van der Waals surface area contributed by atoms with Crippen LogP contribution in [0.2, 0.25) is 0 Å². The van der Waals surface area contributed by atoms with Crippen LogP contribution in [0.5, 0.6) is 0 Å². The van der Waals surface area contributed by atoms with Crippen LogP contribution in [0.1, 0.15) is 39.3 Å². The molecule has 0 unspecified atom stereocenters. The van der Waals surface area contributed by atoms with Gasteiger partial charge >= 0.3 is 6.09 Å². The maximum absolute atomic E-state index is 13.0. The second-order valence-electron chi connectivity index (χ2n) is 7.67. The van der Waals surface area contributed by atoms with Crippen molar-refractivity contribution in [1.82, 2.24) is 19.4 Å². The average Bonchev–Trinajstić information content (AvgIpc) is 3.06. The molecule has 0 atom stereocenters. The van der Waals surface area contributed by atoms with Crippen molar-refractivity contribution in [1.29, 1.82) is 0 Å². The number of H-pyrrole nitrogens is 1. The Morgan fingerprint density at radius 3 is 2.42 bits per heavy atom. The Balaban J connectivity index is 1.79. The summed E-state index contributed by atoms with van der Waals surface area (Å²) in [6.07, 6.45) is 2.05. The number of carbonyl (C=O) groups is 1. The van der Waals surface area contributed by atoms with E-state index in [9.17, 15) is 13.2 Å². The summed E-state index contributed by atoms with van der Waals surface area (Å²) in [6.45, 7) is 7.00. The number of hydrogen-bond acceptors (Lipinski definition) is 5. The number of piperidine rings is 1. The van der Waals surface area contributed by atoms with Crippen LogP contribution < -0.4 is 0 Å². The zero-order valence-electron chi connectivity index (χ0n) is 14.5. The second kappa shape index (κ2) is 5.45. The normalized spacial score (nSPS) is 22.2. The van der Waals surface area contributed by atoms with Crippen molar-refractivity contribution in [3.05, 3.63) is 11.9 Å². The van der Waals surface area contributed by atoms with Gasteiger partial charge in [0.05, 0.1) is 18.4 Å². The SMILES string of the molecule is CN1CC2(CCN(S(=O)(=O)c3cn[nH]c3C(C)(C)C)CC2)OC1=O. The summed E-state index contributed by atoms with van der Waals surface area (Å²) in [5.74, 6) is 0. The maximum Gasteiger partial charge on any atom is 0.410 e. The van der Waals surface area contributed by atoms with Gasteiger partial charge in [0, 0.05) is 38.4 Å². The lowest BCUT2D eigenvalue weighted by molar-refractivity contribution is 0.0172. The van der Waals surface area contributed by atoms with Crippen LogP contribution >= 0.6 is 0 Å². The number of nitrogens with zero attached hydrogens (tertiary/aromatic N) is 3. The molecule has 0 saturated carbocycles. The molecule has 1 amide bonds. The zero-order chi connectivity index (χ0) is 17.8. The molecule has 1 N–H and O–H groups in total. The molecular weight excluding hydrogens is 332 g/mol. The average molecular weight is 356 g/mol. The van der Waals surface area contributed by atoms with Crippen LogP contribution in [0.25, 0.3) is 0 Å². The number of rotatable bonds is 2. The first-order chi connectivity index (χ1) is 11.1. The first kappa shape index (κ1) is 17.2. The summed E-state index contributed by atoms with van der Waals surface area (Å²) in [4.78, 5) is 13.4. The Morgan fingerprint density at radius 1 is 1.29 bits per heavy atom.